The molecule has 0 amide bonds. The lowest BCUT2D eigenvalue weighted by Gasteiger charge is -2.05. The van der Waals surface area contributed by atoms with Gasteiger partial charge in [-0.3, -0.25) is 0 Å². The summed E-state index contributed by atoms with van der Waals surface area (Å²) in [6.07, 6.45) is 4.42. The third-order valence-corrected chi connectivity index (χ3v) is 2.59. The molecular formula is C12H14O2. The molecule has 3 rings (SSSR count). The zero-order valence-electron chi connectivity index (χ0n) is 8.11. The van der Waals surface area contributed by atoms with E-state index in [0.717, 1.165) is 18.8 Å². The van der Waals surface area contributed by atoms with E-state index in [4.69, 9.17) is 9.47 Å². The van der Waals surface area contributed by atoms with E-state index in [1.54, 1.807) is 0 Å². The van der Waals surface area contributed by atoms with E-state index in [9.17, 15) is 0 Å². The predicted octanol–water partition coefficient (Wildman–Crippen LogP) is 2.17. The van der Waals surface area contributed by atoms with Gasteiger partial charge in [-0.1, -0.05) is 12.1 Å². The molecule has 2 fully saturated rings. The van der Waals surface area contributed by atoms with Crippen molar-refractivity contribution in [2.24, 2.45) is 0 Å². The van der Waals surface area contributed by atoms with Crippen LogP contribution in [0, 0.1) is 0 Å². The topological polar surface area (TPSA) is 21.8 Å². The minimum Gasteiger partial charge on any atom is -0.490 e. The fourth-order valence-corrected chi connectivity index (χ4v) is 1.57. The fraction of sp³-hybridized carbons (Fsp3) is 0.500. The van der Waals surface area contributed by atoms with Crippen LogP contribution < -0.4 is 4.74 Å². The van der Waals surface area contributed by atoms with Gasteiger partial charge in [-0.05, 0) is 30.5 Å². The van der Waals surface area contributed by atoms with Crippen molar-refractivity contribution in [2.75, 3.05) is 6.61 Å². The smallest absolute Gasteiger partial charge is 0.119 e. The monoisotopic (exact) mass is 190 g/mol. The van der Waals surface area contributed by atoms with Crippen LogP contribution in [0.3, 0.4) is 0 Å². The van der Waals surface area contributed by atoms with Crippen LogP contribution >= 0.6 is 0 Å². The molecule has 0 radical (unpaired) electrons. The lowest BCUT2D eigenvalue weighted by atomic mass is 10.1. The second-order valence-corrected chi connectivity index (χ2v) is 4.12. The number of hydrogen-bond donors (Lipinski definition) is 0. The first-order valence-corrected chi connectivity index (χ1v) is 5.27. The summed E-state index contributed by atoms with van der Waals surface area (Å²) in [6, 6.07) is 8.38. The summed E-state index contributed by atoms with van der Waals surface area (Å²) in [4.78, 5) is 0. The van der Waals surface area contributed by atoms with Crippen molar-refractivity contribution in [3.8, 4) is 5.75 Å². The maximum absolute atomic E-state index is 5.73. The Hall–Kier alpha value is -1.02. The Bertz CT molecular complexity index is 298. The second-order valence-electron chi connectivity index (χ2n) is 4.12. The van der Waals surface area contributed by atoms with Gasteiger partial charge in [0.1, 0.15) is 5.75 Å². The standard InChI is InChI=1S/C12H14O2/c1-2-9(7-12-8-13-12)6-11(3-1)14-10-4-5-10/h1-3,6,10,12H,4-5,7-8H2. The normalized spacial score (nSPS) is 24.7. The molecule has 74 valence electrons. The highest BCUT2D eigenvalue weighted by atomic mass is 16.6. The minimum absolute atomic E-state index is 0.464. The molecule has 14 heavy (non-hydrogen) atoms. The van der Waals surface area contributed by atoms with Crippen LogP contribution in [0.4, 0.5) is 0 Å². The maximum Gasteiger partial charge on any atom is 0.119 e. The van der Waals surface area contributed by atoms with Gasteiger partial charge in [-0.15, -0.1) is 0 Å². The van der Waals surface area contributed by atoms with E-state index in [2.05, 4.69) is 18.2 Å². The van der Waals surface area contributed by atoms with Crippen LogP contribution in [0.5, 0.6) is 5.75 Å². The second kappa shape index (κ2) is 3.28. The summed E-state index contributed by atoms with van der Waals surface area (Å²) in [5.74, 6) is 1.02. The van der Waals surface area contributed by atoms with E-state index in [1.807, 2.05) is 6.07 Å². The highest BCUT2D eigenvalue weighted by molar-refractivity contribution is 5.29. The van der Waals surface area contributed by atoms with E-state index in [1.165, 1.54) is 18.4 Å². The van der Waals surface area contributed by atoms with E-state index in [0.29, 0.717) is 12.2 Å². The van der Waals surface area contributed by atoms with Gasteiger partial charge in [-0.25, -0.2) is 0 Å². The Morgan fingerprint density at radius 2 is 2.21 bits per heavy atom. The molecular weight excluding hydrogens is 176 g/mol. The van der Waals surface area contributed by atoms with Gasteiger partial charge in [0.25, 0.3) is 0 Å². The highest BCUT2D eigenvalue weighted by Gasteiger charge is 2.24. The number of benzene rings is 1. The molecule has 1 heterocycles. The lowest BCUT2D eigenvalue weighted by Crippen LogP contribution is -1.98. The zero-order valence-corrected chi connectivity index (χ0v) is 8.11. The molecule has 2 nitrogen and oxygen atoms in total. The minimum atomic E-state index is 0.464. The Kier molecular flexibility index (Phi) is 1.95. The van der Waals surface area contributed by atoms with Gasteiger partial charge >= 0.3 is 0 Å². The predicted molar refractivity (Wildman–Crippen MR) is 53.5 cm³/mol. The molecule has 1 saturated heterocycles. The van der Waals surface area contributed by atoms with E-state index >= 15 is 0 Å². The molecule has 1 aliphatic carbocycles. The molecule has 1 aliphatic heterocycles. The van der Waals surface area contributed by atoms with Crippen LogP contribution in [-0.4, -0.2) is 18.8 Å². The average molecular weight is 190 g/mol. The van der Waals surface area contributed by atoms with Crippen LogP contribution in [-0.2, 0) is 11.2 Å². The summed E-state index contributed by atoms with van der Waals surface area (Å²) in [5, 5.41) is 0. The fourth-order valence-electron chi connectivity index (χ4n) is 1.57. The summed E-state index contributed by atoms with van der Waals surface area (Å²) in [5.41, 5.74) is 1.32. The number of epoxide rings is 1. The van der Waals surface area contributed by atoms with Gasteiger partial charge in [-0.2, -0.15) is 0 Å². The first-order chi connectivity index (χ1) is 6.90. The van der Waals surface area contributed by atoms with Gasteiger partial charge < -0.3 is 9.47 Å². The molecule has 2 heteroatoms. The maximum atomic E-state index is 5.73. The molecule has 0 bridgehead atoms. The summed E-state index contributed by atoms with van der Waals surface area (Å²) in [6.45, 7) is 0.924. The van der Waals surface area contributed by atoms with Crippen molar-refractivity contribution in [1.29, 1.82) is 0 Å². The summed E-state index contributed by atoms with van der Waals surface area (Å²) in [7, 11) is 0. The van der Waals surface area contributed by atoms with Gasteiger partial charge in [0.2, 0.25) is 0 Å². The number of hydrogen-bond acceptors (Lipinski definition) is 2. The van der Waals surface area contributed by atoms with Gasteiger partial charge in [0.05, 0.1) is 18.8 Å². The molecule has 1 saturated carbocycles. The third-order valence-electron chi connectivity index (χ3n) is 2.59. The Balaban J connectivity index is 1.68. The highest BCUT2D eigenvalue weighted by Crippen LogP contribution is 2.27. The Morgan fingerprint density at radius 3 is 2.93 bits per heavy atom. The Morgan fingerprint density at radius 1 is 1.36 bits per heavy atom. The van der Waals surface area contributed by atoms with Crippen LogP contribution in [0.15, 0.2) is 24.3 Å². The summed E-state index contributed by atoms with van der Waals surface area (Å²) >= 11 is 0. The molecule has 1 aromatic carbocycles. The molecule has 2 aliphatic rings. The largest absolute Gasteiger partial charge is 0.490 e. The zero-order chi connectivity index (χ0) is 9.38. The molecule has 1 aromatic rings. The SMILES string of the molecule is c1cc(CC2CO2)cc(OC2CC2)c1. The van der Waals surface area contributed by atoms with Crippen molar-refractivity contribution in [1.82, 2.24) is 0 Å². The van der Waals surface area contributed by atoms with Crippen molar-refractivity contribution in [3.05, 3.63) is 29.8 Å². The van der Waals surface area contributed by atoms with Crippen LogP contribution in [0.25, 0.3) is 0 Å². The van der Waals surface area contributed by atoms with E-state index in [-0.39, 0.29) is 0 Å². The van der Waals surface area contributed by atoms with Gasteiger partial charge in [0, 0.05) is 6.42 Å². The molecule has 1 atom stereocenters. The first-order valence-electron chi connectivity index (χ1n) is 5.27. The van der Waals surface area contributed by atoms with Crippen molar-refractivity contribution < 1.29 is 9.47 Å². The molecule has 0 N–H and O–H groups in total. The quantitative estimate of drug-likeness (QED) is 0.679. The molecule has 0 aromatic heterocycles. The first kappa shape index (κ1) is 8.30. The lowest BCUT2D eigenvalue weighted by molar-refractivity contribution is 0.303. The molecule has 1 unspecified atom stereocenters. The molecule has 0 spiro atoms. The van der Waals surface area contributed by atoms with Crippen molar-refractivity contribution in [3.63, 3.8) is 0 Å². The van der Waals surface area contributed by atoms with Crippen LogP contribution in [0.1, 0.15) is 18.4 Å². The van der Waals surface area contributed by atoms with Crippen LogP contribution in [0.2, 0.25) is 0 Å². The van der Waals surface area contributed by atoms with Gasteiger partial charge in [0.15, 0.2) is 0 Å². The number of rotatable bonds is 4. The number of ether oxygens (including phenoxy) is 2. The van der Waals surface area contributed by atoms with Crippen molar-refractivity contribution >= 4 is 0 Å². The Labute approximate surface area is 83.8 Å². The third kappa shape index (κ3) is 2.07. The summed E-state index contributed by atoms with van der Waals surface area (Å²) < 4.78 is 10.9. The average Bonchev–Trinajstić information content (AvgIpc) is 3.00. The van der Waals surface area contributed by atoms with E-state index < -0.39 is 0 Å². The van der Waals surface area contributed by atoms with Crippen molar-refractivity contribution in [2.45, 2.75) is 31.5 Å².